The Labute approximate surface area is 330 Å². The fourth-order valence-electron chi connectivity index (χ4n) is 9.20. The quantitative estimate of drug-likeness (QED) is 0.133. The number of hydrogen-bond acceptors (Lipinski definition) is 12. The van der Waals surface area contributed by atoms with E-state index in [2.05, 4.69) is 30.4 Å². The number of benzene rings is 3. The summed E-state index contributed by atoms with van der Waals surface area (Å²) >= 11 is 0. The second-order valence-corrected chi connectivity index (χ2v) is 16.0. The molecule has 1 spiro atoms. The molecule has 4 fully saturated rings. The molecule has 5 aliphatic rings. The number of carbonyl (C=O) groups is 4. The molecule has 0 bridgehead atoms. The molecule has 14 nitrogen and oxygen atoms in total. The predicted octanol–water partition coefficient (Wildman–Crippen LogP) is 4.99. The van der Waals surface area contributed by atoms with Crippen LogP contribution in [0.2, 0.25) is 0 Å². The standard InChI is InChI=1S/C43H45N9O5/c44-37(26-6-9-31(10-7-26)57-30-4-2-1-3-5-30)36-38(45)46-25-47-39(36)48-27-14-16-43(17-15-27)18-20-50(21-19-43)29-23-51(24-29)28-8-11-32-33(22-28)42(56)52(41(32)55)34-12-13-35(53)49-40(34)54/h1-11,22,25,27,29,34,44H,12-21,23-24H2,(H,49,53,54)(H3,45,46,47,48). The van der Waals surface area contributed by atoms with Crippen LogP contribution in [0.3, 0.4) is 0 Å². The SMILES string of the molecule is N=C(c1ccc(Oc2ccccc2)cc1)c1c(N)ncnc1NC1CCC2(CC1)CCN(C1CN(c3ccc4c(c3)C(=O)N(C3CCC(=O)NC3=O)C4=O)C1)CC2. The normalized spacial score (nSPS) is 21.3. The first kappa shape index (κ1) is 36.5. The Morgan fingerprint density at radius 2 is 1.54 bits per heavy atom. The minimum Gasteiger partial charge on any atom is -0.457 e. The van der Waals surface area contributed by atoms with Crippen molar-refractivity contribution < 1.29 is 23.9 Å². The van der Waals surface area contributed by atoms with Crippen LogP contribution in [-0.4, -0.2) is 93.4 Å². The molecule has 1 atom stereocenters. The maximum atomic E-state index is 13.3. The van der Waals surface area contributed by atoms with Crippen LogP contribution >= 0.6 is 0 Å². The van der Waals surface area contributed by atoms with Crippen LogP contribution in [0.15, 0.2) is 79.1 Å². The van der Waals surface area contributed by atoms with E-state index in [4.69, 9.17) is 15.9 Å². The number of hydrogen-bond donors (Lipinski definition) is 4. The summed E-state index contributed by atoms with van der Waals surface area (Å²) in [6.45, 7) is 3.80. The largest absolute Gasteiger partial charge is 0.457 e. The minimum atomic E-state index is -0.969. The van der Waals surface area contributed by atoms with Gasteiger partial charge in [-0.1, -0.05) is 18.2 Å². The molecular formula is C43H45N9O5. The van der Waals surface area contributed by atoms with E-state index >= 15 is 0 Å². The van der Waals surface area contributed by atoms with Gasteiger partial charge in [-0.15, -0.1) is 0 Å². The number of likely N-dealkylation sites (tertiary alicyclic amines) is 1. The number of anilines is 3. The van der Waals surface area contributed by atoms with E-state index in [-0.39, 0.29) is 36.3 Å². The smallest absolute Gasteiger partial charge is 0.262 e. The second kappa shape index (κ2) is 14.7. The van der Waals surface area contributed by atoms with Crippen molar-refractivity contribution in [2.75, 3.05) is 42.1 Å². The molecule has 4 aromatic rings. The highest BCUT2D eigenvalue weighted by Crippen LogP contribution is 2.46. The number of nitrogens with zero attached hydrogens (tertiary/aromatic N) is 5. The van der Waals surface area contributed by atoms with Crippen molar-refractivity contribution in [1.29, 1.82) is 5.41 Å². The van der Waals surface area contributed by atoms with Gasteiger partial charge >= 0.3 is 0 Å². The first-order valence-electron chi connectivity index (χ1n) is 19.8. The molecule has 9 rings (SSSR count). The number of nitrogens with two attached hydrogens (primary N) is 1. The molecule has 3 saturated heterocycles. The van der Waals surface area contributed by atoms with Crippen molar-refractivity contribution in [3.63, 3.8) is 0 Å². The van der Waals surface area contributed by atoms with Gasteiger partial charge in [-0.05, 0) is 118 Å². The Bertz CT molecular complexity index is 2240. The van der Waals surface area contributed by atoms with Crippen molar-refractivity contribution in [3.05, 3.63) is 101 Å². The third-order valence-corrected chi connectivity index (χ3v) is 12.7. The molecule has 1 aliphatic carbocycles. The Kier molecular flexibility index (Phi) is 9.43. The summed E-state index contributed by atoms with van der Waals surface area (Å²) in [6.07, 6.45) is 8.28. The molecule has 14 heteroatoms. The Balaban J connectivity index is 0.762. The van der Waals surface area contributed by atoms with Gasteiger partial charge in [-0.2, -0.15) is 0 Å². The van der Waals surface area contributed by atoms with Gasteiger partial charge in [0.15, 0.2) is 0 Å². The average Bonchev–Trinajstić information content (AvgIpc) is 3.44. The third kappa shape index (κ3) is 6.98. The fraction of sp³-hybridized carbons (Fsp3) is 0.372. The number of nitrogen functional groups attached to an aromatic ring is 1. The van der Waals surface area contributed by atoms with Gasteiger partial charge in [0.25, 0.3) is 11.8 Å². The van der Waals surface area contributed by atoms with Crippen LogP contribution < -0.4 is 26.0 Å². The van der Waals surface area contributed by atoms with Crippen LogP contribution in [0.5, 0.6) is 11.5 Å². The van der Waals surface area contributed by atoms with Gasteiger partial charge in [0.05, 0.1) is 22.4 Å². The van der Waals surface area contributed by atoms with Crippen molar-refractivity contribution in [2.45, 2.75) is 69.5 Å². The number of piperidine rings is 2. The van der Waals surface area contributed by atoms with Crippen LogP contribution in [0, 0.1) is 10.8 Å². The lowest BCUT2D eigenvalue weighted by atomic mass is 9.66. The highest BCUT2D eigenvalue weighted by atomic mass is 16.5. The fourth-order valence-corrected chi connectivity index (χ4v) is 9.20. The molecule has 1 saturated carbocycles. The van der Waals surface area contributed by atoms with E-state index in [1.165, 1.54) is 6.33 Å². The lowest BCUT2D eigenvalue weighted by molar-refractivity contribution is -0.136. The van der Waals surface area contributed by atoms with E-state index in [0.29, 0.717) is 45.3 Å². The van der Waals surface area contributed by atoms with Crippen molar-refractivity contribution in [1.82, 2.24) is 25.1 Å². The molecule has 5 N–H and O–H groups in total. The van der Waals surface area contributed by atoms with E-state index in [1.54, 1.807) is 12.1 Å². The summed E-state index contributed by atoms with van der Waals surface area (Å²) in [5.41, 5.74) is 9.65. The first-order chi connectivity index (χ1) is 27.6. The number of nitrogens with one attached hydrogen (secondary N) is 3. The zero-order valence-electron chi connectivity index (χ0n) is 31.6. The van der Waals surface area contributed by atoms with E-state index in [1.807, 2.05) is 60.7 Å². The zero-order chi connectivity index (χ0) is 39.3. The lowest BCUT2D eigenvalue weighted by Gasteiger charge is -2.52. The lowest BCUT2D eigenvalue weighted by Crippen LogP contribution is -2.61. The summed E-state index contributed by atoms with van der Waals surface area (Å²) in [5.74, 6) is 0.332. The van der Waals surface area contributed by atoms with E-state index in [9.17, 15) is 19.2 Å². The summed E-state index contributed by atoms with van der Waals surface area (Å²) in [4.78, 5) is 65.2. The maximum Gasteiger partial charge on any atom is 0.262 e. The highest BCUT2D eigenvalue weighted by Gasteiger charge is 2.46. The Morgan fingerprint density at radius 3 is 2.26 bits per heavy atom. The number of aromatic nitrogens is 2. The molecule has 3 aromatic carbocycles. The average molecular weight is 768 g/mol. The van der Waals surface area contributed by atoms with Crippen LogP contribution in [0.4, 0.5) is 17.3 Å². The molecule has 292 valence electrons. The van der Waals surface area contributed by atoms with E-state index < -0.39 is 23.8 Å². The molecule has 4 aliphatic heterocycles. The van der Waals surface area contributed by atoms with Crippen molar-refractivity contribution in [3.8, 4) is 11.5 Å². The number of amides is 4. The molecule has 4 amide bonds. The van der Waals surface area contributed by atoms with Crippen molar-refractivity contribution >= 4 is 46.7 Å². The summed E-state index contributed by atoms with van der Waals surface area (Å²) in [7, 11) is 0. The maximum absolute atomic E-state index is 13.3. The Hall–Kier alpha value is -6.15. The van der Waals surface area contributed by atoms with Gasteiger partial charge in [0, 0.05) is 42.8 Å². The topological polar surface area (TPSA) is 187 Å². The van der Waals surface area contributed by atoms with Gasteiger partial charge in [0.1, 0.15) is 35.5 Å². The van der Waals surface area contributed by atoms with Crippen LogP contribution in [0.25, 0.3) is 0 Å². The summed E-state index contributed by atoms with van der Waals surface area (Å²) < 4.78 is 5.93. The van der Waals surface area contributed by atoms with E-state index in [0.717, 1.165) is 81.0 Å². The number of para-hydroxylation sites is 1. The number of rotatable bonds is 9. The molecule has 57 heavy (non-hydrogen) atoms. The van der Waals surface area contributed by atoms with Gasteiger partial charge in [-0.3, -0.25) is 39.7 Å². The number of imide groups is 2. The molecular weight excluding hydrogens is 723 g/mol. The third-order valence-electron chi connectivity index (χ3n) is 12.7. The highest BCUT2D eigenvalue weighted by molar-refractivity contribution is 6.23. The van der Waals surface area contributed by atoms with Gasteiger partial charge in [0.2, 0.25) is 11.8 Å². The summed E-state index contributed by atoms with van der Waals surface area (Å²) in [5, 5.41) is 14.9. The van der Waals surface area contributed by atoms with Gasteiger partial charge < -0.3 is 20.7 Å². The first-order valence-corrected chi connectivity index (χ1v) is 19.8. The summed E-state index contributed by atoms with van der Waals surface area (Å²) in [6, 6.07) is 22.0. The molecule has 1 aromatic heterocycles. The molecule has 1 unspecified atom stereocenters. The van der Waals surface area contributed by atoms with Crippen LogP contribution in [0.1, 0.15) is 83.2 Å². The Morgan fingerprint density at radius 1 is 0.842 bits per heavy atom. The van der Waals surface area contributed by atoms with Crippen molar-refractivity contribution in [2.24, 2.45) is 5.41 Å². The molecule has 5 heterocycles. The number of carbonyl (C=O) groups excluding carboxylic acids is 4. The number of ether oxygens (including phenoxy) is 1. The zero-order valence-corrected chi connectivity index (χ0v) is 31.6. The number of fused-ring (bicyclic) bond motifs is 1. The predicted molar refractivity (Wildman–Crippen MR) is 214 cm³/mol. The monoisotopic (exact) mass is 767 g/mol. The molecule has 0 radical (unpaired) electrons. The second-order valence-electron chi connectivity index (χ2n) is 16.0. The van der Waals surface area contributed by atoms with Crippen LogP contribution in [-0.2, 0) is 9.59 Å². The minimum absolute atomic E-state index is 0.0948. The van der Waals surface area contributed by atoms with Gasteiger partial charge in [-0.25, -0.2) is 9.97 Å².